The lowest BCUT2D eigenvalue weighted by atomic mass is 10.1. The molecular formula is C19H21F2N3O3. The summed E-state index contributed by atoms with van der Waals surface area (Å²) >= 11 is 0. The van der Waals surface area contributed by atoms with Gasteiger partial charge >= 0.3 is 6.11 Å². The van der Waals surface area contributed by atoms with Crippen molar-refractivity contribution in [1.82, 2.24) is 0 Å². The zero-order valence-corrected chi connectivity index (χ0v) is 14.9. The largest absolute Gasteiger partial charge is 0.444 e. The molecule has 2 aromatic rings. The number of anilines is 3. The highest BCUT2D eigenvalue weighted by atomic mass is 19.3. The van der Waals surface area contributed by atoms with Crippen molar-refractivity contribution in [2.45, 2.75) is 31.5 Å². The standard InChI is InChI=1S/C19H21F2N3O3/c1-11(25)12-6-5-9-15-17(12)27-19(20,21)18(26)24(15)10-16-22-13-7-3-4-8-14(13)23(16)2/h3-9,11,16,18,22,25-26H,10H2,1-2H3. The third kappa shape index (κ3) is 2.85. The van der Waals surface area contributed by atoms with E-state index in [2.05, 4.69) is 5.32 Å². The van der Waals surface area contributed by atoms with E-state index in [1.165, 1.54) is 17.9 Å². The molecule has 3 N–H and O–H groups in total. The van der Waals surface area contributed by atoms with Crippen LogP contribution >= 0.6 is 0 Å². The molecule has 0 spiro atoms. The lowest BCUT2D eigenvalue weighted by Gasteiger charge is -2.42. The summed E-state index contributed by atoms with van der Waals surface area (Å²) in [4.78, 5) is 3.15. The second-order valence-corrected chi connectivity index (χ2v) is 6.85. The average molecular weight is 377 g/mol. The Morgan fingerprint density at radius 1 is 1.19 bits per heavy atom. The van der Waals surface area contributed by atoms with Gasteiger partial charge in [-0.2, -0.15) is 8.78 Å². The Kier molecular flexibility index (Phi) is 4.12. The van der Waals surface area contributed by atoms with E-state index in [1.807, 2.05) is 36.2 Å². The van der Waals surface area contributed by atoms with E-state index in [9.17, 15) is 19.0 Å². The van der Waals surface area contributed by atoms with Gasteiger partial charge in [-0.05, 0) is 25.1 Å². The van der Waals surface area contributed by atoms with E-state index < -0.39 is 18.4 Å². The van der Waals surface area contributed by atoms with Crippen LogP contribution in [0.2, 0.25) is 0 Å². The smallest absolute Gasteiger partial charge is 0.427 e. The van der Waals surface area contributed by atoms with E-state index in [1.54, 1.807) is 12.1 Å². The summed E-state index contributed by atoms with van der Waals surface area (Å²) < 4.78 is 33.5. The first-order valence-corrected chi connectivity index (χ1v) is 8.70. The SMILES string of the molecule is CC(O)c1cccc2c1OC(F)(F)C(O)N2CC1Nc2ccccc2N1C. The fourth-order valence-electron chi connectivity index (χ4n) is 3.61. The number of fused-ring (bicyclic) bond motifs is 2. The highest BCUT2D eigenvalue weighted by molar-refractivity contribution is 5.76. The quantitative estimate of drug-likeness (QED) is 0.764. The van der Waals surface area contributed by atoms with E-state index >= 15 is 0 Å². The van der Waals surface area contributed by atoms with Crippen molar-refractivity contribution in [3.8, 4) is 5.75 Å². The van der Waals surface area contributed by atoms with Crippen LogP contribution in [0.4, 0.5) is 25.8 Å². The van der Waals surface area contributed by atoms with Crippen molar-refractivity contribution >= 4 is 17.1 Å². The van der Waals surface area contributed by atoms with Crippen molar-refractivity contribution < 1.29 is 23.7 Å². The number of benzene rings is 2. The minimum atomic E-state index is -3.80. The van der Waals surface area contributed by atoms with Crippen LogP contribution in [0.15, 0.2) is 42.5 Å². The van der Waals surface area contributed by atoms with Crippen molar-refractivity contribution in [2.75, 3.05) is 28.7 Å². The number of rotatable bonds is 3. The molecule has 2 heterocycles. The molecule has 8 heteroatoms. The molecule has 2 aliphatic heterocycles. The number of nitrogens with zero attached hydrogens (tertiary/aromatic N) is 2. The number of ether oxygens (including phenoxy) is 1. The zero-order chi connectivity index (χ0) is 19.3. The van der Waals surface area contributed by atoms with Crippen LogP contribution < -0.4 is 19.9 Å². The Bertz CT molecular complexity index is 862. The third-order valence-electron chi connectivity index (χ3n) is 5.06. The van der Waals surface area contributed by atoms with Gasteiger partial charge < -0.3 is 30.1 Å². The summed E-state index contributed by atoms with van der Waals surface area (Å²) in [6, 6.07) is 12.4. The minimum Gasteiger partial charge on any atom is -0.427 e. The highest BCUT2D eigenvalue weighted by Gasteiger charge is 2.51. The Balaban J connectivity index is 1.70. The Hall–Kier alpha value is -2.58. The number of hydrogen-bond donors (Lipinski definition) is 3. The third-order valence-corrected chi connectivity index (χ3v) is 5.06. The summed E-state index contributed by atoms with van der Waals surface area (Å²) in [5.74, 6) is -0.110. The van der Waals surface area contributed by atoms with Gasteiger partial charge in [-0.25, -0.2) is 0 Å². The lowest BCUT2D eigenvalue weighted by molar-refractivity contribution is -0.245. The maximum Gasteiger partial charge on any atom is 0.444 e. The minimum absolute atomic E-state index is 0.0849. The summed E-state index contributed by atoms with van der Waals surface area (Å²) in [5.41, 5.74) is 2.42. The number of para-hydroxylation sites is 3. The van der Waals surface area contributed by atoms with Crippen LogP contribution in [0.25, 0.3) is 0 Å². The number of hydrogen-bond acceptors (Lipinski definition) is 6. The van der Waals surface area contributed by atoms with E-state index in [0.29, 0.717) is 5.69 Å². The average Bonchev–Trinajstić information content (AvgIpc) is 2.94. The van der Waals surface area contributed by atoms with Crippen molar-refractivity contribution in [1.29, 1.82) is 0 Å². The highest BCUT2D eigenvalue weighted by Crippen LogP contribution is 2.45. The molecule has 144 valence electrons. The van der Waals surface area contributed by atoms with Gasteiger partial charge in [0.15, 0.2) is 5.75 Å². The van der Waals surface area contributed by atoms with E-state index in [-0.39, 0.29) is 24.0 Å². The van der Waals surface area contributed by atoms with Crippen LogP contribution in [-0.4, -0.2) is 42.3 Å². The van der Waals surface area contributed by atoms with Gasteiger partial charge in [0.1, 0.15) is 6.17 Å². The molecular weight excluding hydrogens is 356 g/mol. The molecule has 0 aromatic heterocycles. The second-order valence-electron chi connectivity index (χ2n) is 6.85. The number of halogens is 2. The van der Waals surface area contributed by atoms with E-state index in [0.717, 1.165) is 11.4 Å². The monoisotopic (exact) mass is 377 g/mol. The lowest BCUT2D eigenvalue weighted by Crippen LogP contribution is -2.58. The molecule has 4 rings (SSSR count). The molecule has 2 aromatic carbocycles. The Morgan fingerprint density at radius 2 is 1.89 bits per heavy atom. The van der Waals surface area contributed by atoms with Gasteiger partial charge in [0.05, 0.1) is 29.7 Å². The van der Waals surface area contributed by atoms with Crippen LogP contribution in [0.5, 0.6) is 5.75 Å². The summed E-state index contributed by atoms with van der Waals surface area (Å²) in [6.07, 6.45) is -7.26. The molecule has 0 bridgehead atoms. The number of aliphatic hydroxyl groups is 2. The fourth-order valence-corrected chi connectivity index (χ4v) is 3.61. The van der Waals surface area contributed by atoms with Crippen LogP contribution in [0, 0.1) is 0 Å². The predicted octanol–water partition coefficient (Wildman–Crippen LogP) is 2.74. The molecule has 0 fully saturated rings. The van der Waals surface area contributed by atoms with Crippen LogP contribution in [-0.2, 0) is 0 Å². The van der Waals surface area contributed by atoms with Gasteiger partial charge in [0.25, 0.3) is 0 Å². The molecule has 0 aliphatic carbocycles. The molecule has 2 aliphatic rings. The van der Waals surface area contributed by atoms with Crippen molar-refractivity contribution in [3.63, 3.8) is 0 Å². The number of nitrogens with one attached hydrogen (secondary N) is 1. The maximum absolute atomic E-state index is 14.4. The first kappa shape index (κ1) is 17.8. The summed E-state index contributed by atoms with van der Waals surface area (Å²) in [6.45, 7) is 1.57. The fraction of sp³-hybridized carbons (Fsp3) is 0.368. The number of aliphatic hydroxyl groups excluding tert-OH is 2. The van der Waals surface area contributed by atoms with Crippen LogP contribution in [0.1, 0.15) is 18.6 Å². The predicted molar refractivity (Wildman–Crippen MR) is 98.3 cm³/mol. The first-order valence-electron chi connectivity index (χ1n) is 8.70. The zero-order valence-electron chi connectivity index (χ0n) is 14.9. The molecule has 0 radical (unpaired) electrons. The summed E-state index contributed by atoms with van der Waals surface area (Å²) in [5, 5.41) is 23.5. The number of alkyl halides is 2. The van der Waals surface area contributed by atoms with E-state index in [4.69, 9.17) is 4.74 Å². The second kappa shape index (κ2) is 6.24. The van der Waals surface area contributed by atoms with Gasteiger partial charge in [-0.15, -0.1) is 0 Å². The molecule has 0 saturated heterocycles. The molecule has 6 nitrogen and oxygen atoms in total. The summed E-state index contributed by atoms with van der Waals surface area (Å²) in [7, 11) is 1.86. The molecule has 27 heavy (non-hydrogen) atoms. The number of likely N-dealkylation sites (N-methyl/N-ethyl adjacent to an activating group) is 1. The van der Waals surface area contributed by atoms with Crippen LogP contribution in [0.3, 0.4) is 0 Å². The molecule has 0 amide bonds. The van der Waals surface area contributed by atoms with Gasteiger partial charge in [0.2, 0.25) is 6.23 Å². The Morgan fingerprint density at radius 3 is 2.59 bits per heavy atom. The topological polar surface area (TPSA) is 68.2 Å². The maximum atomic E-state index is 14.4. The Labute approximate surface area is 155 Å². The first-order chi connectivity index (χ1) is 12.8. The van der Waals surface area contributed by atoms with Crippen molar-refractivity contribution in [2.24, 2.45) is 0 Å². The normalized spacial score (nSPS) is 23.9. The molecule has 3 unspecified atom stereocenters. The molecule has 3 atom stereocenters. The van der Waals surface area contributed by atoms with Gasteiger partial charge in [-0.3, -0.25) is 0 Å². The van der Waals surface area contributed by atoms with Crippen molar-refractivity contribution in [3.05, 3.63) is 48.0 Å². The van der Waals surface area contributed by atoms with Gasteiger partial charge in [-0.1, -0.05) is 24.3 Å². The molecule has 0 saturated carbocycles. The van der Waals surface area contributed by atoms with Gasteiger partial charge in [0, 0.05) is 12.6 Å².